The van der Waals surface area contributed by atoms with Crippen molar-refractivity contribution in [3.63, 3.8) is 0 Å². The molecule has 0 radical (unpaired) electrons. The van der Waals surface area contributed by atoms with E-state index in [1.54, 1.807) is 24.3 Å². The summed E-state index contributed by atoms with van der Waals surface area (Å²) in [5.41, 5.74) is 0.941. The molecule has 0 aliphatic heterocycles. The fourth-order valence-corrected chi connectivity index (χ4v) is 2.84. The van der Waals surface area contributed by atoms with Gasteiger partial charge in [0.25, 0.3) is 0 Å². The lowest BCUT2D eigenvalue weighted by Crippen LogP contribution is -2.27. The van der Waals surface area contributed by atoms with Gasteiger partial charge < -0.3 is 10.1 Å². The van der Waals surface area contributed by atoms with Gasteiger partial charge in [0.1, 0.15) is 5.75 Å². The topological polar surface area (TPSA) is 21.3 Å². The van der Waals surface area contributed by atoms with Gasteiger partial charge >= 0.3 is 6.18 Å². The first-order chi connectivity index (χ1) is 9.96. The number of rotatable bonds is 5. The summed E-state index contributed by atoms with van der Waals surface area (Å²) >= 11 is 0. The van der Waals surface area contributed by atoms with Crippen LogP contribution in [0.15, 0.2) is 24.3 Å². The molecule has 1 aromatic carbocycles. The SMILES string of the molecule is CCC1CCCC(Nc2ccc(OCC(F)(F)F)cc2)C1. The van der Waals surface area contributed by atoms with Gasteiger partial charge in [-0.05, 0) is 43.0 Å². The maximum absolute atomic E-state index is 12.1. The maximum Gasteiger partial charge on any atom is 0.422 e. The van der Waals surface area contributed by atoms with E-state index < -0.39 is 12.8 Å². The van der Waals surface area contributed by atoms with Gasteiger partial charge in [-0.1, -0.05) is 26.2 Å². The Labute approximate surface area is 123 Å². The molecule has 0 spiro atoms. The van der Waals surface area contributed by atoms with Crippen LogP contribution in [-0.4, -0.2) is 18.8 Å². The lowest BCUT2D eigenvalue weighted by Gasteiger charge is -2.29. The molecule has 1 aliphatic carbocycles. The van der Waals surface area contributed by atoms with Gasteiger partial charge in [0.05, 0.1) is 0 Å². The summed E-state index contributed by atoms with van der Waals surface area (Å²) in [6.07, 6.45) is 1.78. The molecule has 0 aromatic heterocycles. The third-order valence-corrected chi connectivity index (χ3v) is 3.99. The lowest BCUT2D eigenvalue weighted by molar-refractivity contribution is -0.153. The summed E-state index contributed by atoms with van der Waals surface area (Å²) in [6.45, 7) is 0.973. The summed E-state index contributed by atoms with van der Waals surface area (Å²) in [5, 5.41) is 3.47. The zero-order valence-electron chi connectivity index (χ0n) is 12.2. The monoisotopic (exact) mass is 301 g/mol. The molecule has 118 valence electrons. The third-order valence-electron chi connectivity index (χ3n) is 3.99. The molecule has 2 atom stereocenters. The highest BCUT2D eigenvalue weighted by atomic mass is 19.4. The molecule has 2 nitrogen and oxygen atoms in total. The number of nitrogens with one attached hydrogen (secondary N) is 1. The smallest absolute Gasteiger partial charge is 0.422 e. The first kappa shape index (κ1) is 16.0. The normalized spacial score (nSPS) is 22.9. The Kier molecular flexibility index (Phi) is 5.37. The van der Waals surface area contributed by atoms with E-state index in [4.69, 9.17) is 4.74 Å². The molecule has 21 heavy (non-hydrogen) atoms. The zero-order valence-corrected chi connectivity index (χ0v) is 12.2. The van der Waals surface area contributed by atoms with Gasteiger partial charge in [-0.15, -0.1) is 0 Å². The fourth-order valence-electron chi connectivity index (χ4n) is 2.84. The van der Waals surface area contributed by atoms with Crippen LogP contribution in [0, 0.1) is 5.92 Å². The molecule has 1 saturated carbocycles. The van der Waals surface area contributed by atoms with Crippen molar-refractivity contribution in [3.8, 4) is 5.75 Å². The molecular formula is C16H22F3NO. The van der Waals surface area contributed by atoms with E-state index in [-0.39, 0.29) is 5.75 Å². The fraction of sp³-hybridized carbons (Fsp3) is 0.625. The number of alkyl halides is 3. The number of hydrogen-bond donors (Lipinski definition) is 1. The average Bonchev–Trinajstić information content (AvgIpc) is 2.46. The Morgan fingerprint density at radius 2 is 1.90 bits per heavy atom. The second kappa shape index (κ2) is 7.05. The van der Waals surface area contributed by atoms with Crippen LogP contribution < -0.4 is 10.1 Å². The van der Waals surface area contributed by atoms with Crippen molar-refractivity contribution in [2.45, 2.75) is 51.2 Å². The molecule has 0 amide bonds. The first-order valence-corrected chi connectivity index (χ1v) is 7.52. The van der Waals surface area contributed by atoms with E-state index in [1.165, 1.54) is 25.7 Å². The van der Waals surface area contributed by atoms with E-state index in [0.29, 0.717) is 6.04 Å². The van der Waals surface area contributed by atoms with Gasteiger partial charge in [0, 0.05) is 11.7 Å². The molecular weight excluding hydrogens is 279 g/mol. The Bertz CT molecular complexity index is 430. The van der Waals surface area contributed by atoms with E-state index in [2.05, 4.69) is 12.2 Å². The van der Waals surface area contributed by atoms with E-state index in [9.17, 15) is 13.2 Å². The standard InChI is InChI=1S/C16H22F3NO/c1-2-12-4-3-5-14(10-12)20-13-6-8-15(9-7-13)21-11-16(17,18)19/h6-9,12,14,20H,2-5,10-11H2,1H3. The van der Waals surface area contributed by atoms with Gasteiger partial charge in [-0.3, -0.25) is 0 Å². The molecule has 2 unspecified atom stereocenters. The largest absolute Gasteiger partial charge is 0.484 e. The van der Waals surface area contributed by atoms with Gasteiger partial charge in [0.15, 0.2) is 6.61 Å². The van der Waals surface area contributed by atoms with Crippen LogP contribution in [0.5, 0.6) is 5.75 Å². The van der Waals surface area contributed by atoms with Crippen molar-refractivity contribution in [1.29, 1.82) is 0 Å². The molecule has 1 aliphatic rings. The molecule has 0 bridgehead atoms. The molecule has 5 heteroatoms. The Morgan fingerprint density at radius 3 is 2.52 bits per heavy atom. The summed E-state index contributed by atoms with van der Waals surface area (Å²) in [4.78, 5) is 0. The van der Waals surface area contributed by atoms with Crippen molar-refractivity contribution in [1.82, 2.24) is 0 Å². The van der Waals surface area contributed by atoms with Gasteiger partial charge in [-0.2, -0.15) is 13.2 Å². The summed E-state index contributed by atoms with van der Waals surface area (Å²) in [5.74, 6) is 1.03. The number of hydrogen-bond acceptors (Lipinski definition) is 2. The summed E-state index contributed by atoms with van der Waals surface area (Å²) < 4.78 is 40.9. The van der Waals surface area contributed by atoms with Crippen LogP contribution >= 0.6 is 0 Å². The van der Waals surface area contributed by atoms with Crippen LogP contribution in [0.3, 0.4) is 0 Å². The van der Waals surface area contributed by atoms with Gasteiger partial charge in [-0.25, -0.2) is 0 Å². The Hall–Kier alpha value is -1.39. The van der Waals surface area contributed by atoms with Crippen LogP contribution in [0.1, 0.15) is 39.0 Å². The Balaban J connectivity index is 1.84. The van der Waals surface area contributed by atoms with Crippen molar-refractivity contribution >= 4 is 5.69 Å². The second-order valence-corrected chi connectivity index (χ2v) is 5.71. The number of benzene rings is 1. The second-order valence-electron chi connectivity index (χ2n) is 5.71. The summed E-state index contributed by atoms with van der Waals surface area (Å²) in [7, 11) is 0. The molecule has 1 N–H and O–H groups in total. The van der Waals surface area contributed by atoms with E-state index >= 15 is 0 Å². The number of anilines is 1. The van der Waals surface area contributed by atoms with E-state index in [1.807, 2.05) is 0 Å². The van der Waals surface area contributed by atoms with Crippen molar-refractivity contribution < 1.29 is 17.9 Å². The molecule has 1 aromatic rings. The maximum atomic E-state index is 12.1. The first-order valence-electron chi connectivity index (χ1n) is 7.52. The van der Waals surface area contributed by atoms with Crippen LogP contribution in [0.2, 0.25) is 0 Å². The number of halogens is 3. The van der Waals surface area contributed by atoms with E-state index in [0.717, 1.165) is 18.0 Å². The quantitative estimate of drug-likeness (QED) is 0.825. The highest BCUT2D eigenvalue weighted by Crippen LogP contribution is 2.29. The predicted octanol–water partition coefficient (Wildman–Crippen LogP) is 5.01. The van der Waals surface area contributed by atoms with Crippen molar-refractivity contribution in [2.24, 2.45) is 5.92 Å². The zero-order chi connectivity index (χ0) is 15.3. The average molecular weight is 301 g/mol. The minimum Gasteiger partial charge on any atom is -0.484 e. The lowest BCUT2D eigenvalue weighted by atomic mass is 9.84. The van der Waals surface area contributed by atoms with Crippen molar-refractivity contribution in [2.75, 3.05) is 11.9 Å². The predicted molar refractivity (Wildman–Crippen MR) is 77.7 cm³/mol. The number of ether oxygens (including phenoxy) is 1. The van der Waals surface area contributed by atoms with Crippen LogP contribution in [0.25, 0.3) is 0 Å². The summed E-state index contributed by atoms with van der Waals surface area (Å²) in [6, 6.07) is 7.18. The molecule has 0 saturated heterocycles. The third kappa shape index (κ3) is 5.48. The minimum absolute atomic E-state index is 0.243. The Morgan fingerprint density at radius 1 is 1.19 bits per heavy atom. The van der Waals surface area contributed by atoms with Crippen LogP contribution in [-0.2, 0) is 0 Å². The van der Waals surface area contributed by atoms with Crippen molar-refractivity contribution in [3.05, 3.63) is 24.3 Å². The molecule has 0 heterocycles. The molecule has 2 rings (SSSR count). The highest BCUT2D eigenvalue weighted by Gasteiger charge is 2.28. The van der Waals surface area contributed by atoms with Gasteiger partial charge in [0.2, 0.25) is 0 Å². The molecule has 1 fully saturated rings. The van der Waals surface area contributed by atoms with Crippen LogP contribution in [0.4, 0.5) is 18.9 Å². The highest BCUT2D eigenvalue weighted by molar-refractivity contribution is 5.47. The minimum atomic E-state index is -4.30.